The Morgan fingerprint density at radius 2 is 2.30 bits per heavy atom. The molecule has 0 bridgehead atoms. The second-order valence-corrected chi connectivity index (χ2v) is 5.37. The first-order chi connectivity index (χ1) is 11.3. The molecule has 7 heteroatoms. The highest BCUT2D eigenvalue weighted by atomic mass is 16.5. The molecule has 1 aromatic carbocycles. The Hall–Kier alpha value is -2.43. The number of hydrogen-bond donors (Lipinski definition) is 0. The Bertz CT molecular complexity index is 653. The molecule has 120 valence electrons. The van der Waals surface area contributed by atoms with Crippen molar-refractivity contribution < 1.29 is 9.47 Å². The maximum Gasteiger partial charge on any atom is 0.137 e. The molecule has 1 aliphatic heterocycles. The SMILES string of the molecule is N#Cc1ccccc1OCCN1CCO[C@@H](Cn2cncn2)C1. The summed E-state index contributed by atoms with van der Waals surface area (Å²) in [6.07, 6.45) is 3.34. The van der Waals surface area contributed by atoms with Crippen molar-refractivity contribution in [2.24, 2.45) is 0 Å². The monoisotopic (exact) mass is 313 g/mol. The van der Waals surface area contributed by atoms with Crippen LogP contribution in [0.5, 0.6) is 5.75 Å². The lowest BCUT2D eigenvalue weighted by Gasteiger charge is -2.32. The van der Waals surface area contributed by atoms with E-state index in [0.29, 0.717) is 31.1 Å². The number of nitrogens with zero attached hydrogens (tertiary/aromatic N) is 5. The third kappa shape index (κ3) is 4.28. The standard InChI is InChI=1S/C16H19N5O2/c17-9-14-3-1-2-4-16(14)23-8-6-20-5-7-22-15(10-20)11-21-13-18-12-19-21/h1-4,12-13,15H,5-8,10-11H2/t15-/m1/s1. The van der Waals surface area contributed by atoms with Gasteiger partial charge in [0.1, 0.15) is 31.1 Å². The van der Waals surface area contributed by atoms with Gasteiger partial charge in [-0.2, -0.15) is 10.4 Å². The fourth-order valence-electron chi connectivity index (χ4n) is 2.60. The third-order valence-electron chi connectivity index (χ3n) is 3.75. The van der Waals surface area contributed by atoms with E-state index in [9.17, 15) is 0 Å². The molecule has 0 aliphatic carbocycles. The van der Waals surface area contributed by atoms with Crippen molar-refractivity contribution in [2.75, 3.05) is 32.8 Å². The van der Waals surface area contributed by atoms with Gasteiger partial charge in [0.05, 0.1) is 24.8 Å². The predicted molar refractivity (Wildman–Crippen MR) is 82.9 cm³/mol. The molecule has 1 aliphatic rings. The van der Waals surface area contributed by atoms with Crippen molar-refractivity contribution in [3.05, 3.63) is 42.5 Å². The average molecular weight is 313 g/mol. The second kappa shape index (κ2) is 7.72. The molecule has 0 unspecified atom stereocenters. The van der Waals surface area contributed by atoms with E-state index in [1.54, 1.807) is 17.1 Å². The Balaban J connectivity index is 1.46. The van der Waals surface area contributed by atoms with Crippen LogP contribution >= 0.6 is 0 Å². The maximum atomic E-state index is 9.05. The van der Waals surface area contributed by atoms with E-state index < -0.39 is 0 Å². The Kier molecular flexibility index (Phi) is 5.19. The fourth-order valence-corrected chi connectivity index (χ4v) is 2.60. The van der Waals surface area contributed by atoms with Crippen molar-refractivity contribution >= 4 is 0 Å². The van der Waals surface area contributed by atoms with Crippen LogP contribution in [-0.4, -0.2) is 58.6 Å². The highest BCUT2D eigenvalue weighted by Crippen LogP contribution is 2.16. The van der Waals surface area contributed by atoms with Crippen molar-refractivity contribution in [1.29, 1.82) is 5.26 Å². The van der Waals surface area contributed by atoms with E-state index >= 15 is 0 Å². The molecule has 23 heavy (non-hydrogen) atoms. The normalized spacial score (nSPS) is 18.5. The van der Waals surface area contributed by atoms with Crippen LogP contribution in [0.15, 0.2) is 36.9 Å². The van der Waals surface area contributed by atoms with Crippen molar-refractivity contribution in [1.82, 2.24) is 19.7 Å². The molecule has 1 fully saturated rings. The van der Waals surface area contributed by atoms with Gasteiger partial charge in [0.25, 0.3) is 0 Å². The van der Waals surface area contributed by atoms with Gasteiger partial charge < -0.3 is 9.47 Å². The fraction of sp³-hybridized carbons (Fsp3) is 0.438. The first-order valence-electron chi connectivity index (χ1n) is 7.63. The average Bonchev–Trinajstić information content (AvgIpc) is 3.09. The summed E-state index contributed by atoms with van der Waals surface area (Å²) in [6.45, 7) is 4.48. The van der Waals surface area contributed by atoms with E-state index in [1.165, 1.54) is 6.33 Å². The van der Waals surface area contributed by atoms with Crippen LogP contribution in [0.3, 0.4) is 0 Å². The quantitative estimate of drug-likeness (QED) is 0.789. The molecule has 0 radical (unpaired) electrons. The van der Waals surface area contributed by atoms with Gasteiger partial charge >= 0.3 is 0 Å². The van der Waals surface area contributed by atoms with Crippen molar-refractivity contribution in [2.45, 2.75) is 12.6 Å². The summed E-state index contributed by atoms with van der Waals surface area (Å²) in [5.74, 6) is 0.641. The van der Waals surface area contributed by atoms with Gasteiger partial charge in [0.15, 0.2) is 0 Å². The van der Waals surface area contributed by atoms with Crippen LogP contribution in [-0.2, 0) is 11.3 Å². The predicted octanol–water partition coefficient (Wildman–Crippen LogP) is 0.930. The van der Waals surface area contributed by atoms with Crippen LogP contribution in [0.4, 0.5) is 0 Å². The number of aromatic nitrogens is 3. The van der Waals surface area contributed by atoms with E-state index in [1.807, 2.05) is 18.2 Å². The molecule has 0 saturated carbocycles. The lowest BCUT2D eigenvalue weighted by atomic mass is 10.2. The summed E-state index contributed by atoms with van der Waals surface area (Å²) in [7, 11) is 0. The Labute approximate surface area is 135 Å². The van der Waals surface area contributed by atoms with Crippen molar-refractivity contribution in [3.8, 4) is 11.8 Å². The molecule has 7 nitrogen and oxygen atoms in total. The smallest absolute Gasteiger partial charge is 0.137 e. The largest absolute Gasteiger partial charge is 0.491 e. The summed E-state index contributed by atoms with van der Waals surface area (Å²) < 4.78 is 13.3. The summed E-state index contributed by atoms with van der Waals surface area (Å²) in [4.78, 5) is 6.25. The van der Waals surface area contributed by atoms with Crippen LogP contribution < -0.4 is 4.74 Å². The summed E-state index contributed by atoms with van der Waals surface area (Å²) in [6, 6.07) is 9.44. The molecule has 1 aromatic heterocycles. The maximum absolute atomic E-state index is 9.05. The van der Waals surface area contributed by atoms with Crippen LogP contribution in [0, 0.1) is 11.3 Å². The Morgan fingerprint density at radius 1 is 1.39 bits per heavy atom. The minimum atomic E-state index is 0.108. The molecule has 0 N–H and O–H groups in total. The van der Waals surface area contributed by atoms with Gasteiger partial charge in [-0.05, 0) is 12.1 Å². The summed E-state index contributed by atoms with van der Waals surface area (Å²) in [5, 5.41) is 13.2. The lowest BCUT2D eigenvalue weighted by Crippen LogP contribution is -2.45. The summed E-state index contributed by atoms with van der Waals surface area (Å²) in [5.41, 5.74) is 0.568. The van der Waals surface area contributed by atoms with Gasteiger partial charge in [-0.15, -0.1) is 0 Å². The van der Waals surface area contributed by atoms with E-state index in [-0.39, 0.29) is 6.10 Å². The van der Waals surface area contributed by atoms with Gasteiger partial charge in [0, 0.05) is 19.6 Å². The number of ether oxygens (including phenoxy) is 2. The number of benzene rings is 1. The van der Waals surface area contributed by atoms with Crippen LogP contribution in [0.2, 0.25) is 0 Å². The highest BCUT2D eigenvalue weighted by molar-refractivity contribution is 5.42. The number of nitriles is 1. The highest BCUT2D eigenvalue weighted by Gasteiger charge is 2.21. The minimum Gasteiger partial charge on any atom is -0.491 e. The zero-order valence-electron chi connectivity index (χ0n) is 12.8. The molecule has 2 heterocycles. The van der Waals surface area contributed by atoms with Crippen LogP contribution in [0.1, 0.15) is 5.56 Å². The molecule has 3 rings (SSSR count). The lowest BCUT2D eigenvalue weighted by molar-refractivity contribution is -0.0401. The zero-order valence-corrected chi connectivity index (χ0v) is 12.8. The number of para-hydroxylation sites is 1. The molecule has 0 spiro atoms. The topological polar surface area (TPSA) is 76.2 Å². The first-order valence-corrected chi connectivity index (χ1v) is 7.63. The van der Waals surface area contributed by atoms with Gasteiger partial charge in [-0.3, -0.25) is 9.58 Å². The third-order valence-corrected chi connectivity index (χ3v) is 3.75. The second-order valence-electron chi connectivity index (χ2n) is 5.37. The number of morpholine rings is 1. The van der Waals surface area contributed by atoms with E-state index in [2.05, 4.69) is 21.1 Å². The molecule has 0 amide bonds. The van der Waals surface area contributed by atoms with E-state index in [0.717, 1.165) is 19.6 Å². The van der Waals surface area contributed by atoms with Gasteiger partial charge in [-0.25, -0.2) is 4.98 Å². The van der Waals surface area contributed by atoms with Gasteiger partial charge in [-0.1, -0.05) is 12.1 Å². The van der Waals surface area contributed by atoms with E-state index in [4.69, 9.17) is 14.7 Å². The zero-order chi connectivity index (χ0) is 15.9. The van der Waals surface area contributed by atoms with Crippen LogP contribution in [0.25, 0.3) is 0 Å². The molecule has 1 saturated heterocycles. The first kappa shape index (κ1) is 15.5. The molecule has 1 atom stereocenters. The minimum absolute atomic E-state index is 0.108. The molecule has 2 aromatic rings. The van der Waals surface area contributed by atoms with Gasteiger partial charge in [0.2, 0.25) is 0 Å². The number of hydrogen-bond acceptors (Lipinski definition) is 6. The number of rotatable bonds is 6. The Morgan fingerprint density at radius 3 is 3.13 bits per heavy atom. The summed E-state index contributed by atoms with van der Waals surface area (Å²) >= 11 is 0. The molecular weight excluding hydrogens is 294 g/mol. The molecular formula is C16H19N5O2. The van der Waals surface area contributed by atoms with Crippen molar-refractivity contribution in [3.63, 3.8) is 0 Å².